The van der Waals surface area contributed by atoms with Crippen LogP contribution in [0.25, 0.3) is 33.3 Å². The van der Waals surface area contributed by atoms with Gasteiger partial charge < -0.3 is 5.32 Å². The lowest BCUT2D eigenvalue weighted by molar-refractivity contribution is 0.102. The van der Waals surface area contributed by atoms with Crippen molar-refractivity contribution in [3.63, 3.8) is 0 Å². The second-order valence-electron chi connectivity index (χ2n) is 6.83. The zero-order valence-electron chi connectivity index (χ0n) is 15.9. The Kier molecular flexibility index (Phi) is 4.50. The fraction of sp³-hybridized carbons (Fsp3) is 0. The Labute approximate surface area is 172 Å². The number of aromatic nitrogens is 4. The summed E-state index contributed by atoms with van der Waals surface area (Å²) in [6.45, 7) is 0. The zero-order chi connectivity index (χ0) is 20.3. The molecule has 3 heterocycles. The van der Waals surface area contributed by atoms with E-state index in [0.717, 1.165) is 33.3 Å². The van der Waals surface area contributed by atoms with E-state index in [-0.39, 0.29) is 5.91 Å². The quantitative estimate of drug-likeness (QED) is 0.455. The average Bonchev–Trinajstić information content (AvgIpc) is 3.24. The number of carbonyl (C=O) groups excluding carboxylic acids is 1. The van der Waals surface area contributed by atoms with Gasteiger partial charge in [-0.05, 0) is 35.9 Å². The molecular formula is C24H17N5O. The number of fused-ring (bicyclic) bond motifs is 1. The van der Waals surface area contributed by atoms with Gasteiger partial charge in [0.05, 0.1) is 23.1 Å². The molecule has 0 unspecified atom stereocenters. The van der Waals surface area contributed by atoms with Crippen molar-refractivity contribution in [3.05, 3.63) is 97.1 Å². The first-order chi connectivity index (χ1) is 14.8. The number of amides is 1. The molecule has 0 aliphatic heterocycles. The minimum Gasteiger partial charge on any atom is -0.319 e. The predicted octanol–water partition coefficient (Wildman–Crippen LogP) is 4.94. The van der Waals surface area contributed by atoms with Gasteiger partial charge in [0.1, 0.15) is 0 Å². The normalized spacial score (nSPS) is 10.8. The number of benzene rings is 2. The van der Waals surface area contributed by atoms with Crippen molar-refractivity contribution < 1.29 is 4.79 Å². The van der Waals surface area contributed by atoms with Crippen molar-refractivity contribution in [1.82, 2.24) is 20.2 Å². The number of nitrogens with zero attached hydrogens (tertiary/aromatic N) is 3. The van der Waals surface area contributed by atoms with Crippen LogP contribution in [0.5, 0.6) is 0 Å². The Morgan fingerprint density at radius 3 is 2.47 bits per heavy atom. The molecule has 0 atom stereocenters. The van der Waals surface area contributed by atoms with Crippen LogP contribution < -0.4 is 5.32 Å². The number of rotatable bonds is 4. The Bertz CT molecular complexity index is 1310. The van der Waals surface area contributed by atoms with Gasteiger partial charge in [0.2, 0.25) is 0 Å². The van der Waals surface area contributed by atoms with Crippen LogP contribution in [0.3, 0.4) is 0 Å². The summed E-state index contributed by atoms with van der Waals surface area (Å²) in [5.74, 6) is -0.293. The van der Waals surface area contributed by atoms with Crippen molar-refractivity contribution >= 4 is 22.5 Å². The molecule has 2 N–H and O–H groups in total. The van der Waals surface area contributed by atoms with E-state index in [9.17, 15) is 4.79 Å². The van der Waals surface area contributed by atoms with Gasteiger partial charge >= 0.3 is 0 Å². The number of aromatic amines is 1. The van der Waals surface area contributed by atoms with Crippen LogP contribution in [-0.2, 0) is 0 Å². The van der Waals surface area contributed by atoms with Crippen LogP contribution in [0.1, 0.15) is 10.5 Å². The Hall–Kier alpha value is -4.32. The van der Waals surface area contributed by atoms with Gasteiger partial charge in [0.15, 0.2) is 5.69 Å². The molecule has 144 valence electrons. The maximum absolute atomic E-state index is 12.9. The van der Waals surface area contributed by atoms with E-state index in [1.54, 1.807) is 18.6 Å². The molecule has 5 aromatic rings. The molecule has 0 aliphatic rings. The van der Waals surface area contributed by atoms with Crippen molar-refractivity contribution in [2.45, 2.75) is 0 Å². The maximum Gasteiger partial charge on any atom is 0.276 e. The van der Waals surface area contributed by atoms with Crippen molar-refractivity contribution in [3.8, 4) is 22.4 Å². The van der Waals surface area contributed by atoms with Crippen LogP contribution in [0.4, 0.5) is 5.69 Å². The summed E-state index contributed by atoms with van der Waals surface area (Å²) in [5.41, 5.74) is 5.57. The molecule has 6 nitrogen and oxygen atoms in total. The molecule has 2 aromatic carbocycles. The smallest absolute Gasteiger partial charge is 0.276 e. The summed E-state index contributed by atoms with van der Waals surface area (Å²) < 4.78 is 0. The number of pyridine rings is 2. The third kappa shape index (κ3) is 3.42. The molecule has 30 heavy (non-hydrogen) atoms. The minimum absolute atomic E-state index is 0.293. The van der Waals surface area contributed by atoms with Crippen molar-refractivity contribution in [2.75, 3.05) is 5.32 Å². The molecular weight excluding hydrogens is 374 g/mol. The number of nitrogens with one attached hydrogen (secondary N) is 2. The highest BCUT2D eigenvalue weighted by Crippen LogP contribution is 2.25. The van der Waals surface area contributed by atoms with Crippen LogP contribution in [0.2, 0.25) is 0 Å². The van der Waals surface area contributed by atoms with Crippen LogP contribution >= 0.6 is 0 Å². The first-order valence-electron chi connectivity index (χ1n) is 9.49. The van der Waals surface area contributed by atoms with Gasteiger partial charge in [-0.3, -0.25) is 19.9 Å². The second kappa shape index (κ2) is 7.60. The summed E-state index contributed by atoms with van der Waals surface area (Å²) in [5, 5.41) is 10.8. The fourth-order valence-corrected chi connectivity index (χ4v) is 3.34. The predicted molar refractivity (Wildman–Crippen MR) is 117 cm³/mol. The number of anilines is 1. The summed E-state index contributed by atoms with van der Waals surface area (Å²) in [7, 11) is 0. The number of carbonyl (C=O) groups is 1. The van der Waals surface area contributed by atoms with E-state index in [4.69, 9.17) is 0 Å². The molecule has 0 aliphatic carbocycles. The molecule has 0 saturated heterocycles. The van der Waals surface area contributed by atoms with Gasteiger partial charge in [-0.2, -0.15) is 5.10 Å². The van der Waals surface area contributed by atoms with E-state index < -0.39 is 0 Å². The highest BCUT2D eigenvalue weighted by Gasteiger charge is 2.15. The standard InChI is InChI=1S/C24H17N5O/c30-24(27-19-9-11-21(26-15-19)16-5-2-1-3-6-16)23-20-13-17(8-10-22(20)28-29-23)18-7-4-12-25-14-18/h1-15H,(H,27,30)(H,28,29). The Morgan fingerprint density at radius 2 is 1.70 bits per heavy atom. The number of hydrogen-bond donors (Lipinski definition) is 2. The van der Waals surface area contributed by atoms with Gasteiger partial charge in [-0.15, -0.1) is 0 Å². The monoisotopic (exact) mass is 391 g/mol. The van der Waals surface area contributed by atoms with Crippen LogP contribution in [0, 0.1) is 0 Å². The lowest BCUT2D eigenvalue weighted by Gasteiger charge is -2.06. The summed E-state index contributed by atoms with van der Waals surface area (Å²) in [4.78, 5) is 21.5. The van der Waals surface area contributed by atoms with Crippen molar-refractivity contribution in [2.24, 2.45) is 0 Å². The summed E-state index contributed by atoms with van der Waals surface area (Å²) >= 11 is 0. The molecule has 1 amide bonds. The summed E-state index contributed by atoms with van der Waals surface area (Å²) in [6, 6.07) is 23.3. The minimum atomic E-state index is -0.293. The molecule has 0 fully saturated rings. The highest BCUT2D eigenvalue weighted by molar-refractivity contribution is 6.11. The van der Waals surface area contributed by atoms with Gasteiger partial charge in [-0.25, -0.2) is 0 Å². The van der Waals surface area contributed by atoms with E-state index in [2.05, 4.69) is 25.5 Å². The molecule has 0 spiro atoms. The van der Waals surface area contributed by atoms with Crippen LogP contribution in [0.15, 0.2) is 91.4 Å². The number of hydrogen-bond acceptors (Lipinski definition) is 4. The molecule has 5 rings (SSSR count). The largest absolute Gasteiger partial charge is 0.319 e. The maximum atomic E-state index is 12.9. The molecule has 0 radical (unpaired) electrons. The SMILES string of the molecule is O=C(Nc1ccc(-c2ccccc2)nc1)c1n[nH]c2ccc(-c3cccnc3)cc12. The van der Waals surface area contributed by atoms with Gasteiger partial charge in [0.25, 0.3) is 5.91 Å². The molecule has 3 aromatic heterocycles. The highest BCUT2D eigenvalue weighted by atomic mass is 16.1. The Morgan fingerprint density at radius 1 is 0.833 bits per heavy atom. The van der Waals surface area contributed by atoms with Crippen molar-refractivity contribution in [1.29, 1.82) is 0 Å². The lowest BCUT2D eigenvalue weighted by Crippen LogP contribution is -2.13. The molecule has 6 heteroatoms. The average molecular weight is 391 g/mol. The van der Waals surface area contributed by atoms with Crippen LogP contribution in [-0.4, -0.2) is 26.1 Å². The fourth-order valence-electron chi connectivity index (χ4n) is 3.34. The topological polar surface area (TPSA) is 83.6 Å². The third-order valence-electron chi connectivity index (χ3n) is 4.86. The lowest BCUT2D eigenvalue weighted by atomic mass is 10.0. The van der Waals surface area contributed by atoms with E-state index >= 15 is 0 Å². The zero-order valence-corrected chi connectivity index (χ0v) is 15.9. The second-order valence-corrected chi connectivity index (χ2v) is 6.83. The number of H-pyrrole nitrogens is 1. The van der Waals surface area contributed by atoms with E-state index in [1.165, 1.54) is 0 Å². The van der Waals surface area contributed by atoms with Gasteiger partial charge in [0, 0.05) is 28.9 Å². The third-order valence-corrected chi connectivity index (χ3v) is 4.86. The van der Waals surface area contributed by atoms with E-state index in [1.807, 2.05) is 72.8 Å². The molecule has 0 saturated carbocycles. The van der Waals surface area contributed by atoms with E-state index in [0.29, 0.717) is 11.4 Å². The summed E-state index contributed by atoms with van der Waals surface area (Å²) in [6.07, 6.45) is 5.17. The Balaban J connectivity index is 1.41. The first kappa shape index (κ1) is 17.8. The van der Waals surface area contributed by atoms with Gasteiger partial charge in [-0.1, -0.05) is 42.5 Å². The molecule has 0 bridgehead atoms. The first-order valence-corrected chi connectivity index (χ1v) is 9.49.